The van der Waals surface area contributed by atoms with Gasteiger partial charge in [-0.2, -0.15) is 0 Å². The summed E-state index contributed by atoms with van der Waals surface area (Å²) in [6.45, 7) is 6.42. The van der Waals surface area contributed by atoms with E-state index in [4.69, 9.17) is 12.2 Å². The summed E-state index contributed by atoms with van der Waals surface area (Å²) >= 11 is 5.21. The summed E-state index contributed by atoms with van der Waals surface area (Å²) in [5.41, 5.74) is 6.32. The molecule has 0 atom stereocenters. The normalized spacial score (nSPS) is 10.4. The number of fused-ring (bicyclic) bond motifs is 1. The van der Waals surface area contributed by atoms with Crippen molar-refractivity contribution >= 4 is 23.3 Å². The molecule has 0 spiro atoms. The molecule has 2 nitrogen and oxygen atoms in total. The minimum absolute atomic E-state index is 0. The van der Waals surface area contributed by atoms with Crippen molar-refractivity contribution in [1.29, 1.82) is 0 Å². The topological polar surface area (TPSA) is 20.7 Å². The molecule has 1 heterocycles. The van der Waals surface area contributed by atoms with Crippen molar-refractivity contribution in [2.75, 3.05) is 0 Å². The van der Waals surface area contributed by atoms with Crippen LogP contribution in [-0.2, 0) is 26.5 Å². The SMILES string of the molecule is Cc1cc2c([nH]c(=S)n2C)c(C)c1C.[Zn]. The first-order chi connectivity index (χ1) is 6.52. The van der Waals surface area contributed by atoms with Crippen molar-refractivity contribution in [3.63, 3.8) is 0 Å². The van der Waals surface area contributed by atoms with E-state index >= 15 is 0 Å². The smallest absolute Gasteiger partial charge is 0.177 e. The largest absolute Gasteiger partial charge is 0.330 e. The van der Waals surface area contributed by atoms with Crippen molar-refractivity contribution in [2.24, 2.45) is 7.05 Å². The van der Waals surface area contributed by atoms with Crippen LogP contribution in [0.1, 0.15) is 16.7 Å². The fraction of sp³-hybridized carbons (Fsp3) is 0.364. The molecule has 4 heteroatoms. The first-order valence-corrected chi connectivity index (χ1v) is 5.08. The van der Waals surface area contributed by atoms with E-state index in [-0.39, 0.29) is 19.5 Å². The zero-order valence-electron chi connectivity index (χ0n) is 9.64. The summed E-state index contributed by atoms with van der Waals surface area (Å²) in [5, 5.41) is 0. The number of aromatic amines is 1. The molecule has 1 aromatic heterocycles. The van der Waals surface area contributed by atoms with Crippen LogP contribution in [0.25, 0.3) is 11.0 Å². The molecule has 1 aromatic carbocycles. The summed E-state index contributed by atoms with van der Waals surface area (Å²) in [4.78, 5) is 3.24. The van der Waals surface area contributed by atoms with Crippen LogP contribution in [0, 0.1) is 25.5 Å². The number of nitrogens with zero attached hydrogens (tertiary/aromatic N) is 1. The standard InChI is InChI=1S/C11H14N2S.Zn/c1-6-5-9-10(8(3)7(6)2)12-11(14)13(9)4;/h5H,1-4H3,(H,12,14);. The van der Waals surface area contributed by atoms with Gasteiger partial charge in [0.1, 0.15) is 0 Å². The van der Waals surface area contributed by atoms with Crippen LogP contribution >= 0.6 is 12.2 Å². The van der Waals surface area contributed by atoms with E-state index < -0.39 is 0 Å². The van der Waals surface area contributed by atoms with Crippen LogP contribution < -0.4 is 0 Å². The second kappa shape index (κ2) is 4.19. The van der Waals surface area contributed by atoms with E-state index in [1.165, 1.54) is 27.7 Å². The van der Waals surface area contributed by atoms with Crippen molar-refractivity contribution in [3.8, 4) is 0 Å². The zero-order valence-corrected chi connectivity index (χ0v) is 13.4. The van der Waals surface area contributed by atoms with Gasteiger partial charge in [0, 0.05) is 26.5 Å². The molecule has 0 aliphatic heterocycles. The molecule has 2 rings (SSSR count). The molecule has 0 bridgehead atoms. The maximum Gasteiger partial charge on any atom is 0.177 e. The fourth-order valence-corrected chi connectivity index (χ4v) is 1.98. The van der Waals surface area contributed by atoms with Crippen LogP contribution in [0.4, 0.5) is 0 Å². The average Bonchev–Trinajstić information content (AvgIpc) is 2.42. The Hall–Kier alpha value is -0.467. The summed E-state index contributed by atoms with van der Waals surface area (Å²) in [7, 11) is 2.00. The number of benzene rings is 1. The number of hydrogen-bond acceptors (Lipinski definition) is 1. The second-order valence-electron chi connectivity index (χ2n) is 3.83. The van der Waals surface area contributed by atoms with Crippen molar-refractivity contribution in [3.05, 3.63) is 27.5 Å². The molecule has 1 N–H and O–H groups in total. The van der Waals surface area contributed by atoms with E-state index in [9.17, 15) is 0 Å². The van der Waals surface area contributed by atoms with Crippen LogP contribution in [0.15, 0.2) is 6.07 Å². The Balaban J connectivity index is 0.00000112. The molecule has 15 heavy (non-hydrogen) atoms. The van der Waals surface area contributed by atoms with Gasteiger partial charge in [0.2, 0.25) is 0 Å². The molecule has 0 amide bonds. The Morgan fingerprint density at radius 2 is 1.80 bits per heavy atom. The maximum absolute atomic E-state index is 5.21. The van der Waals surface area contributed by atoms with Gasteiger partial charge in [0.25, 0.3) is 0 Å². The van der Waals surface area contributed by atoms with Gasteiger partial charge in [-0.1, -0.05) is 0 Å². The molecule has 0 saturated carbocycles. The summed E-state index contributed by atoms with van der Waals surface area (Å²) < 4.78 is 2.80. The third kappa shape index (κ3) is 1.81. The summed E-state index contributed by atoms with van der Waals surface area (Å²) in [5.74, 6) is 0. The van der Waals surface area contributed by atoms with Crippen molar-refractivity contribution in [1.82, 2.24) is 9.55 Å². The molecule has 0 aliphatic carbocycles. The fourth-order valence-electron chi connectivity index (χ4n) is 1.78. The monoisotopic (exact) mass is 270 g/mol. The summed E-state index contributed by atoms with van der Waals surface area (Å²) in [6.07, 6.45) is 0. The summed E-state index contributed by atoms with van der Waals surface area (Å²) in [6, 6.07) is 2.18. The van der Waals surface area contributed by atoms with Crippen LogP contribution in [0.2, 0.25) is 0 Å². The number of imidazole rings is 1. The number of nitrogens with one attached hydrogen (secondary N) is 1. The third-order valence-corrected chi connectivity index (χ3v) is 3.41. The molecule has 76 valence electrons. The van der Waals surface area contributed by atoms with E-state index in [0.717, 1.165) is 4.77 Å². The molecular formula is C11H14N2SZn. The van der Waals surface area contributed by atoms with Gasteiger partial charge in [0.15, 0.2) is 4.77 Å². The molecule has 2 aromatic rings. The van der Waals surface area contributed by atoms with E-state index in [1.807, 2.05) is 11.6 Å². The van der Waals surface area contributed by atoms with Gasteiger partial charge < -0.3 is 9.55 Å². The predicted octanol–water partition coefficient (Wildman–Crippen LogP) is 3.16. The molecular weight excluding hydrogens is 258 g/mol. The molecule has 0 fully saturated rings. The van der Waals surface area contributed by atoms with Crippen molar-refractivity contribution in [2.45, 2.75) is 20.8 Å². The number of rotatable bonds is 0. The quantitative estimate of drug-likeness (QED) is 0.577. The first-order valence-electron chi connectivity index (χ1n) is 4.68. The van der Waals surface area contributed by atoms with Gasteiger partial charge in [-0.25, -0.2) is 0 Å². The van der Waals surface area contributed by atoms with Crippen LogP contribution in [-0.4, -0.2) is 9.55 Å². The molecule has 0 aliphatic rings. The predicted molar refractivity (Wildman–Crippen MR) is 62.3 cm³/mol. The Kier molecular flexibility index (Phi) is 3.52. The number of hydrogen-bond donors (Lipinski definition) is 1. The Labute approximate surface area is 107 Å². The third-order valence-electron chi connectivity index (χ3n) is 3.04. The Morgan fingerprint density at radius 1 is 1.20 bits per heavy atom. The number of aromatic nitrogens is 2. The second-order valence-corrected chi connectivity index (χ2v) is 4.21. The van der Waals surface area contributed by atoms with Gasteiger partial charge in [-0.3, -0.25) is 0 Å². The van der Waals surface area contributed by atoms with E-state index in [1.54, 1.807) is 0 Å². The first kappa shape index (κ1) is 12.6. The number of aryl methyl sites for hydroxylation is 3. The van der Waals surface area contributed by atoms with Crippen molar-refractivity contribution < 1.29 is 19.5 Å². The number of H-pyrrole nitrogens is 1. The Bertz CT molecular complexity index is 566. The minimum atomic E-state index is 0. The van der Waals surface area contributed by atoms with Gasteiger partial charge in [-0.05, 0) is 55.7 Å². The zero-order chi connectivity index (χ0) is 10.5. The van der Waals surface area contributed by atoms with Crippen LogP contribution in [0.3, 0.4) is 0 Å². The molecule has 0 radical (unpaired) electrons. The average molecular weight is 272 g/mol. The van der Waals surface area contributed by atoms with Gasteiger partial charge in [-0.15, -0.1) is 0 Å². The van der Waals surface area contributed by atoms with Gasteiger partial charge in [0.05, 0.1) is 11.0 Å². The van der Waals surface area contributed by atoms with Gasteiger partial charge >= 0.3 is 0 Å². The van der Waals surface area contributed by atoms with Crippen LogP contribution in [0.5, 0.6) is 0 Å². The van der Waals surface area contributed by atoms with E-state index in [2.05, 4.69) is 31.8 Å². The minimum Gasteiger partial charge on any atom is -0.330 e. The molecule has 0 unspecified atom stereocenters. The Morgan fingerprint density at radius 3 is 2.40 bits per heavy atom. The molecule has 0 saturated heterocycles. The maximum atomic E-state index is 5.21. The van der Waals surface area contributed by atoms with E-state index in [0.29, 0.717) is 0 Å².